The lowest BCUT2D eigenvalue weighted by molar-refractivity contribution is -0.384. The molecule has 4 aromatic carbocycles. The van der Waals surface area contributed by atoms with Gasteiger partial charge in [-0.1, -0.05) is 77.4 Å². The van der Waals surface area contributed by atoms with Crippen LogP contribution >= 0.6 is 35.0 Å². The lowest BCUT2D eigenvalue weighted by Gasteiger charge is -2.20. The van der Waals surface area contributed by atoms with Crippen LogP contribution in [-0.4, -0.2) is 25.6 Å². The minimum absolute atomic E-state index is 0.0686. The Hall–Kier alpha value is -4.25. The lowest BCUT2D eigenvalue weighted by atomic mass is 10.0. The zero-order valence-electron chi connectivity index (χ0n) is 21.8. The fraction of sp³-hybridized carbons (Fsp3) is 0.100. The Kier molecular flexibility index (Phi) is 9.16. The van der Waals surface area contributed by atoms with Gasteiger partial charge in [0, 0.05) is 39.2 Å². The van der Waals surface area contributed by atoms with Crippen LogP contribution in [0.3, 0.4) is 0 Å². The molecule has 0 aliphatic heterocycles. The first kappa shape index (κ1) is 29.2. The first-order chi connectivity index (χ1) is 20.3. The van der Waals surface area contributed by atoms with Crippen molar-refractivity contribution in [2.24, 2.45) is 0 Å². The van der Waals surface area contributed by atoms with Crippen molar-refractivity contribution in [3.63, 3.8) is 0 Å². The fourth-order valence-electron chi connectivity index (χ4n) is 4.28. The van der Waals surface area contributed by atoms with E-state index in [9.17, 15) is 19.3 Å². The van der Waals surface area contributed by atoms with Gasteiger partial charge in [-0.2, -0.15) is 0 Å². The topological polar surface area (TPSA) is 103 Å². The number of carbonyl (C=O) groups is 1. The highest BCUT2D eigenvalue weighted by Crippen LogP contribution is 2.30. The summed E-state index contributed by atoms with van der Waals surface area (Å²) in [5.41, 5.74) is 2.58. The van der Waals surface area contributed by atoms with E-state index in [1.807, 2.05) is 30.3 Å². The molecule has 0 saturated carbocycles. The molecule has 0 fully saturated rings. The molecule has 42 heavy (non-hydrogen) atoms. The highest BCUT2D eigenvalue weighted by molar-refractivity contribution is 7.98. The van der Waals surface area contributed by atoms with Crippen LogP contribution in [-0.2, 0) is 12.2 Å². The number of aromatic nitrogens is 3. The largest absolute Gasteiger partial charge is 0.342 e. The molecule has 0 spiro atoms. The van der Waals surface area contributed by atoms with E-state index in [-0.39, 0.29) is 17.1 Å². The zero-order valence-corrected chi connectivity index (χ0v) is 24.1. The normalized spacial score (nSPS) is 11.7. The first-order valence-electron chi connectivity index (χ1n) is 12.6. The predicted molar refractivity (Wildman–Crippen MR) is 161 cm³/mol. The van der Waals surface area contributed by atoms with Crippen LogP contribution in [0.5, 0.6) is 0 Å². The van der Waals surface area contributed by atoms with Gasteiger partial charge in [0.05, 0.1) is 11.0 Å². The summed E-state index contributed by atoms with van der Waals surface area (Å²) < 4.78 is 15.2. The molecule has 1 amide bonds. The molecule has 0 aliphatic carbocycles. The molecule has 212 valence electrons. The van der Waals surface area contributed by atoms with Gasteiger partial charge in [-0.25, -0.2) is 4.39 Å². The van der Waals surface area contributed by atoms with Crippen molar-refractivity contribution in [1.29, 1.82) is 0 Å². The average molecular weight is 623 g/mol. The molecule has 1 aromatic heterocycles. The summed E-state index contributed by atoms with van der Waals surface area (Å²) in [6.07, 6.45) is 0.370. The number of halogens is 3. The second-order valence-corrected chi connectivity index (χ2v) is 11.1. The number of thioether (sulfide) groups is 1. The van der Waals surface area contributed by atoms with E-state index in [0.717, 1.165) is 11.1 Å². The molecule has 1 atom stereocenters. The average Bonchev–Trinajstić information content (AvgIpc) is 3.40. The summed E-state index contributed by atoms with van der Waals surface area (Å²) >= 11 is 13.7. The second-order valence-electron chi connectivity index (χ2n) is 9.24. The summed E-state index contributed by atoms with van der Waals surface area (Å²) in [6, 6.07) is 25.6. The van der Waals surface area contributed by atoms with Crippen LogP contribution in [0.1, 0.15) is 33.4 Å². The molecule has 8 nitrogen and oxygen atoms in total. The van der Waals surface area contributed by atoms with Crippen molar-refractivity contribution >= 4 is 46.6 Å². The molecule has 1 heterocycles. The number of nitro benzene ring substituents is 1. The summed E-state index contributed by atoms with van der Waals surface area (Å²) in [5, 5.41) is 24.4. The third kappa shape index (κ3) is 7.14. The SMILES string of the molecule is O=C(N[C@H](Cc1ccccc1)c1nnc(SCc2ccc(F)cc2)n1-c1ccc([N+](=O)[O-])cc1)c1cc(Cl)cc(Cl)c1. The maximum atomic E-state index is 13.4. The van der Waals surface area contributed by atoms with Crippen molar-refractivity contribution < 1.29 is 14.1 Å². The molecule has 5 rings (SSSR count). The Morgan fingerprint density at radius 1 is 0.929 bits per heavy atom. The quantitative estimate of drug-likeness (QED) is 0.0977. The smallest absolute Gasteiger partial charge is 0.269 e. The van der Waals surface area contributed by atoms with Gasteiger partial charge in [-0.05, 0) is 60.0 Å². The Morgan fingerprint density at radius 2 is 1.60 bits per heavy atom. The molecule has 0 saturated heterocycles. The van der Waals surface area contributed by atoms with Gasteiger partial charge < -0.3 is 5.32 Å². The van der Waals surface area contributed by atoms with E-state index in [1.165, 1.54) is 54.2 Å². The minimum atomic E-state index is -0.666. The zero-order chi connectivity index (χ0) is 29.6. The summed E-state index contributed by atoms with van der Waals surface area (Å²) in [5.74, 6) is 0.123. The van der Waals surface area contributed by atoms with Crippen LogP contribution in [0.25, 0.3) is 5.69 Å². The summed E-state index contributed by atoms with van der Waals surface area (Å²) in [7, 11) is 0. The van der Waals surface area contributed by atoms with Crippen molar-refractivity contribution in [2.75, 3.05) is 0 Å². The molecule has 1 N–H and O–H groups in total. The number of carbonyl (C=O) groups excluding carboxylic acids is 1. The molecular formula is C30H22Cl2FN5O3S. The first-order valence-corrected chi connectivity index (χ1v) is 14.4. The summed E-state index contributed by atoms with van der Waals surface area (Å²) in [4.78, 5) is 24.3. The molecule has 5 aromatic rings. The van der Waals surface area contributed by atoms with E-state index in [1.54, 1.807) is 28.8 Å². The van der Waals surface area contributed by atoms with Gasteiger partial charge in [0.15, 0.2) is 11.0 Å². The Balaban J connectivity index is 1.56. The van der Waals surface area contributed by atoms with Crippen molar-refractivity contribution in [2.45, 2.75) is 23.4 Å². The van der Waals surface area contributed by atoms with Crippen molar-refractivity contribution in [1.82, 2.24) is 20.1 Å². The maximum Gasteiger partial charge on any atom is 0.269 e. The molecule has 0 aliphatic rings. The van der Waals surface area contributed by atoms with Gasteiger partial charge in [-0.3, -0.25) is 19.5 Å². The van der Waals surface area contributed by atoms with E-state index in [4.69, 9.17) is 23.2 Å². The highest BCUT2D eigenvalue weighted by atomic mass is 35.5. The number of amides is 1. The Morgan fingerprint density at radius 3 is 2.24 bits per heavy atom. The van der Waals surface area contributed by atoms with E-state index in [2.05, 4.69) is 15.5 Å². The van der Waals surface area contributed by atoms with Gasteiger partial charge >= 0.3 is 0 Å². The predicted octanol–water partition coefficient (Wildman–Crippen LogP) is 7.63. The van der Waals surface area contributed by atoms with Crippen molar-refractivity contribution in [3.8, 4) is 5.69 Å². The van der Waals surface area contributed by atoms with Gasteiger partial charge in [0.1, 0.15) is 5.82 Å². The number of rotatable bonds is 10. The number of nitrogens with zero attached hydrogens (tertiary/aromatic N) is 4. The number of nitrogens with one attached hydrogen (secondary N) is 1. The fourth-order valence-corrected chi connectivity index (χ4v) is 5.72. The van der Waals surface area contributed by atoms with Crippen LogP contribution < -0.4 is 5.32 Å². The minimum Gasteiger partial charge on any atom is -0.342 e. The number of benzene rings is 4. The maximum absolute atomic E-state index is 13.4. The van der Waals surface area contributed by atoms with Crippen LogP contribution in [0.2, 0.25) is 10.0 Å². The Bertz CT molecular complexity index is 1700. The molecule has 0 bridgehead atoms. The van der Waals surface area contributed by atoms with E-state index < -0.39 is 16.9 Å². The summed E-state index contributed by atoms with van der Waals surface area (Å²) in [6.45, 7) is 0. The van der Waals surface area contributed by atoms with E-state index >= 15 is 0 Å². The number of hydrogen-bond acceptors (Lipinski definition) is 6. The molecular weight excluding hydrogens is 600 g/mol. The second kappa shape index (κ2) is 13.2. The molecule has 12 heteroatoms. The number of hydrogen-bond donors (Lipinski definition) is 1. The molecule has 0 unspecified atom stereocenters. The molecule has 0 radical (unpaired) electrons. The highest BCUT2D eigenvalue weighted by Gasteiger charge is 2.26. The lowest BCUT2D eigenvalue weighted by Crippen LogP contribution is -2.32. The van der Waals surface area contributed by atoms with Gasteiger partial charge in [0.2, 0.25) is 0 Å². The Labute approximate surface area is 254 Å². The monoisotopic (exact) mass is 621 g/mol. The van der Waals surface area contributed by atoms with Crippen molar-refractivity contribution in [3.05, 3.63) is 146 Å². The standard InChI is InChI=1S/C30H22Cl2FN5O3S/c31-22-15-21(16-23(32)17-22)29(39)34-27(14-19-4-2-1-3-5-19)28-35-36-30(42-18-20-6-8-24(33)9-7-20)37(28)25-10-12-26(13-11-25)38(40)41/h1-13,15-17,27H,14,18H2,(H,34,39)/t27-/m1/s1. The van der Waals surface area contributed by atoms with E-state index in [0.29, 0.717) is 38.9 Å². The number of nitro groups is 1. The van der Waals surface area contributed by atoms with Crippen LogP contribution in [0.4, 0.5) is 10.1 Å². The third-order valence-corrected chi connectivity index (χ3v) is 7.72. The third-order valence-electron chi connectivity index (χ3n) is 6.28. The van der Waals surface area contributed by atoms with Gasteiger partial charge in [-0.15, -0.1) is 10.2 Å². The van der Waals surface area contributed by atoms with Crippen LogP contribution in [0, 0.1) is 15.9 Å². The number of non-ortho nitro benzene ring substituents is 1. The van der Waals surface area contributed by atoms with Gasteiger partial charge in [0.25, 0.3) is 11.6 Å². The van der Waals surface area contributed by atoms with Crippen LogP contribution in [0.15, 0.2) is 102 Å².